The molecule has 1 N–H and O–H groups in total. The normalized spacial score (nSPS) is 14.8. The second kappa shape index (κ2) is 6.02. The van der Waals surface area contributed by atoms with Crippen LogP contribution in [0.4, 0.5) is 0 Å². The third-order valence-electron chi connectivity index (χ3n) is 2.81. The van der Waals surface area contributed by atoms with Gasteiger partial charge in [-0.1, -0.05) is 29.3 Å². The lowest BCUT2D eigenvalue weighted by atomic mass is 9.98. The quantitative estimate of drug-likeness (QED) is 0.825. The van der Waals surface area contributed by atoms with E-state index in [0.717, 1.165) is 6.61 Å². The number of hydrogen-bond acceptors (Lipinski definition) is 2. The lowest BCUT2D eigenvalue weighted by molar-refractivity contribution is 0.0493. The molecule has 1 rings (SSSR count). The molecule has 0 aliphatic heterocycles. The minimum absolute atomic E-state index is 0.191. The van der Waals surface area contributed by atoms with Crippen LogP contribution in [0.1, 0.15) is 36.6 Å². The van der Waals surface area contributed by atoms with Crippen molar-refractivity contribution in [2.45, 2.75) is 39.8 Å². The van der Waals surface area contributed by atoms with E-state index >= 15 is 0 Å². The maximum atomic E-state index is 5.67. The number of likely N-dealkylation sites (N-methyl/N-ethyl adjacent to an activating group) is 1. The van der Waals surface area contributed by atoms with E-state index in [1.807, 2.05) is 14.0 Å². The molecule has 0 radical (unpaired) electrons. The van der Waals surface area contributed by atoms with Gasteiger partial charge >= 0.3 is 0 Å². The lowest BCUT2D eigenvalue weighted by Crippen LogP contribution is -2.29. The average Bonchev–Trinajstić information content (AvgIpc) is 2.17. The van der Waals surface area contributed by atoms with Gasteiger partial charge in [0, 0.05) is 6.61 Å². The van der Waals surface area contributed by atoms with Crippen LogP contribution in [0.25, 0.3) is 0 Å². The van der Waals surface area contributed by atoms with Gasteiger partial charge in [0.2, 0.25) is 0 Å². The molecule has 1 aromatic rings. The molecule has 0 saturated heterocycles. The molecule has 2 atom stereocenters. The highest BCUT2D eigenvalue weighted by Crippen LogP contribution is 2.21. The van der Waals surface area contributed by atoms with Crippen molar-refractivity contribution < 1.29 is 4.74 Å². The molecule has 90 valence electrons. The molecular weight excluding hydrogens is 198 g/mol. The van der Waals surface area contributed by atoms with Crippen LogP contribution < -0.4 is 5.32 Å². The van der Waals surface area contributed by atoms with Gasteiger partial charge in [-0.05, 0) is 40.3 Å². The van der Waals surface area contributed by atoms with Crippen molar-refractivity contribution in [3.8, 4) is 0 Å². The fourth-order valence-corrected chi connectivity index (χ4v) is 2.22. The Hall–Kier alpha value is -0.860. The number of benzene rings is 1. The third kappa shape index (κ3) is 3.32. The maximum Gasteiger partial charge on any atom is 0.0741 e. The van der Waals surface area contributed by atoms with Crippen LogP contribution in [0.2, 0.25) is 0 Å². The SMILES string of the molecule is CCOC(C)C(NC)c1cc(C)cc(C)c1. The summed E-state index contributed by atoms with van der Waals surface area (Å²) in [7, 11) is 1.98. The summed E-state index contributed by atoms with van der Waals surface area (Å²) in [5.74, 6) is 0. The van der Waals surface area contributed by atoms with Crippen molar-refractivity contribution in [3.05, 3.63) is 34.9 Å². The van der Waals surface area contributed by atoms with Crippen molar-refractivity contribution in [1.29, 1.82) is 0 Å². The summed E-state index contributed by atoms with van der Waals surface area (Å²) in [5.41, 5.74) is 3.92. The Morgan fingerprint density at radius 1 is 1.19 bits per heavy atom. The highest BCUT2D eigenvalue weighted by Gasteiger charge is 2.17. The topological polar surface area (TPSA) is 21.3 Å². The van der Waals surface area contributed by atoms with Crippen molar-refractivity contribution in [3.63, 3.8) is 0 Å². The van der Waals surface area contributed by atoms with Gasteiger partial charge in [0.05, 0.1) is 12.1 Å². The van der Waals surface area contributed by atoms with Crippen molar-refractivity contribution in [2.24, 2.45) is 0 Å². The zero-order valence-corrected chi connectivity index (χ0v) is 11.0. The van der Waals surface area contributed by atoms with Gasteiger partial charge < -0.3 is 10.1 Å². The first-order valence-electron chi connectivity index (χ1n) is 5.95. The van der Waals surface area contributed by atoms with Crippen LogP contribution in [-0.2, 0) is 4.74 Å². The predicted octanol–water partition coefficient (Wildman–Crippen LogP) is 2.99. The highest BCUT2D eigenvalue weighted by atomic mass is 16.5. The standard InChI is InChI=1S/C14H23NO/c1-6-16-12(4)14(15-5)13-8-10(2)7-11(3)9-13/h7-9,12,14-15H,6H2,1-5H3. The van der Waals surface area contributed by atoms with E-state index in [1.54, 1.807) is 0 Å². The summed E-state index contributed by atoms with van der Waals surface area (Å²) in [5, 5.41) is 3.33. The van der Waals surface area contributed by atoms with Gasteiger partial charge in [0.15, 0.2) is 0 Å². The van der Waals surface area contributed by atoms with E-state index in [0.29, 0.717) is 0 Å². The Kier molecular flexibility index (Phi) is 4.97. The van der Waals surface area contributed by atoms with E-state index in [9.17, 15) is 0 Å². The Morgan fingerprint density at radius 2 is 1.75 bits per heavy atom. The summed E-state index contributed by atoms with van der Waals surface area (Å²) in [6.45, 7) is 9.17. The van der Waals surface area contributed by atoms with Gasteiger partial charge in [0.25, 0.3) is 0 Å². The first-order chi connectivity index (χ1) is 7.58. The molecule has 2 unspecified atom stereocenters. The minimum Gasteiger partial charge on any atom is -0.377 e. The summed E-state index contributed by atoms with van der Waals surface area (Å²) >= 11 is 0. The molecule has 0 heterocycles. The van der Waals surface area contributed by atoms with Gasteiger partial charge in [-0.25, -0.2) is 0 Å². The van der Waals surface area contributed by atoms with Crippen LogP contribution >= 0.6 is 0 Å². The molecule has 0 saturated carbocycles. The van der Waals surface area contributed by atoms with Crippen LogP contribution in [0.3, 0.4) is 0 Å². The monoisotopic (exact) mass is 221 g/mol. The molecule has 0 fully saturated rings. The first kappa shape index (κ1) is 13.2. The smallest absolute Gasteiger partial charge is 0.0741 e. The molecule has 0 bridgehead atoms. The van der Waals surface area contributed by atoms with E-state index in [1.165, 1.54) is 16.7 Å². The molecule has 2 heteroatoms. The van der Waals surface area contributed by atoms with Gasteiger partial charge in [0.1, 0.15) is 0 Å². The molecule has 0 aliphatic carbocycles. The fraction of sp³-hybridized carbons (Fsp3) is 0.571. The Bertz CT molecular complexity index is 315. The Morgan fingerprint density at radius 3 is 2.19 bits per heavy atom. The Balaban J connectivity index is 2.94. The third-order valence-corrected chi connectivity index (χ3v) is 2.81. The second-order valence-electron chi connectivity index (χ2n) is 4.35. The van der Waals surface area contributed by atoms with Crippen LogP contribution in [-0.4, -0.2) is 19.8 Å². The highest BCUT2D eigenvalue weighted by molar-refractivity contribution is 5.31. The van der Waals surface area contributed by atoms with Crippen LogP contribution in [0.15, 0.2) is 18.2 Å². The van der Waals surface area contributed by atoms with Gasteiger partial charge in [-0.2, -0.15) is 0 Å². The van der Waals surface area contributed by atoms with Gasteiger partial charge in [-0.15, -0.1) is 0 Å². The van der Waals surface area contributed by atoms with Crippen molar-refractivity contribution in [1.82, 2.24) is 5.32 Å². The van der Waals surface area contributed by atoms with E-state index in [2.05, 4.69) is 44.3 Å². The largest absolute Gasteiger partial charge is 0.377 e. The number of hydrogen-bond donors (Lipinski definition) is 1. The molecule has 0 amide bonds. The molecule has 16 heavy (non-hydrogen) atoms. The lowest BCUT2D eigenvalue weighted by Gasteiger charge is -2.24. The van der Waals surface area contributed by atoms with Crippen LogP contribution in [0, 0.1) is 13.8 Å². The van der Waals surface area contributed by atoms with Gasteiger partial charge in [-0.3, -0.25) is 0 Å². The zero-order valence-electron chi connectivity index (χ0n) is 11.0. The molecule has 0 spiro atoms. The second-order valence-corrected chi connectivity index (χ2v) is 4.35. The zero-order chi connectivity index (χ0) is 12.1. The molecular formula is C14H23NO. The van der Waals surface area contributed by atoms with Crippen LogP contribution in [0.5, 0.6) is 0 Å². The minimum atomic E-state index is 0.191. The fourth-order valence-electron chi connectivity index (χ4n) is 2.22. The number of aryl methyl sites for hydroxylation is 2. The number of rotatable bonds is 5. The maximum absolute atomic E-state index is 5.67. The van der Waals surface area contributed by atoms with E-state index in [-0.39, 0.29) is 12.1 Å². The number of ether oxygens (including phenoxy) is 1. The average molecular weight is 221 g/mol. The number of nitrogens with one attached hydrogen (secondary N) is 1. The van der Waals surface area contributed by atoms with E-state index < -0.39 is 0 Å². The van der Waals surface area contributed by atoms with Crippen molar-refractivity contribution >= 4 is 0 Å². The predicted molar refractivity (Wildman–Crippen MR) is 68.8 cm³/mol. The molecule has 0 aromatic heterocycles. The summed E-state index contributed by atoms with van der Waals surface area (Å²) in [6.07, 6.45) is 0.191. The summed E-state index contributed by atoms with van der Waals surface area (Å²) in [6, 6.07) is 6.91. The first-order valence-corrected chi connectivity index (χ1v) is 5.95. The molecule has 0 aliphatic rings. The van der Waals surface area contributed by atoms with Crippen molar-refractivity contribution in [2.75, 3.05) is 13.7 Å². The van der Waals surface area contributed by atoms with E-state index in [4.69, 9.17) is 4.74 Å². The molecule has 1 aromatic carbocycles. The molecule has 2 nitrogen and oxygen atoms in total. The summed E-state index contributed by atoms with van der Waals surface area (Å²) < 4.78 is 5.67. The Labute approximate surface area is 99.0 Å². The summed E-state index contributed by atoms with van der Waals surface area (Å²) in [4.78, 5) is 0.